The molecule has 4 aromatic rings. The van der Waals surface area contributed by atoms with Crippen molar-refractivity contribution in [2.75, 3.05) is 19.0 Å². The number of nitrogens with one attached hydrogen (secondary N) is 1. The fourth-order valence-corrected chi connectivity index (χ4v) is 4.10. The van der Waals surface area contributed by atoms with Crippen molar-refractivity contribution in [1.29, 1.82) is 0 Å². The first kappa shape index (κ1) is 24.7. The Kier molecular flexibility index (Phi) is 7.80. The Morgan fingerprint density at radius 1 is 1.03 bits per heavy atom. The number of hydrogen-bond donors (Lipinski definition) is 1. The summed E-state index contributed by atoms with van der Waals surface area (Å²) in [6.07, 6.45) is 4.07. The van der Waals surface area contributed by atoms with Gasteiger partial charge in [-0.05, 0) is 98.1 Å². The first-order valence-corrected chi connectivity index (χ1v) is 11.8. The number of aryl methyl sites for hydroxylation is 2. The molecule has 2 aromatic heterocycles. The molecule has 0 spiro atoms. The highest BCUT2D eigenvalue weighted by molar-refractivity contribution is 6.04. The van der Waals surface area contributed by atoms with Crippen molar-refractivity contribution >= 4 is 17.6 Å². The van der Waals surface area contributed by atoms with E-state index in [2.05, 4.69) is 14.9 Å². The Labute approximate surface area is 210 Å². The third kappa shape index (κ3) is 5.63. The van der Waals surface area contributed by atoms with Gasteiger partial charge in [0.25, 0.3) is 5.91 Å². The fraction of sp³-hybridized carbons (Fsp3) is 0.207. The zero-order valence-electron chi connectivity index (χ0n) is 20.7. The molecule has 0 radical (unpaired) electrons. The average molecular weight is 484 g/mol. The van der Waals surface area contributed by atoms with Crippen LogP contribution in [0.5, 0.6) is 5.75 Å². The molecule has 0 unspecified atom stereocenters. The van der Waals surface area contributed by atoms with E-state index in [4.69, 9.17) is 9.47 Å². The molecule has 0 aliphatic carbocycles. The van der Waals surface area contributed by atoms with Gasteiger partial charge in [-0.1, -0.05) is 0 Å². The monoisotopic (exact) mass is 483 g/mol. The van der Waals surface area contributed by atoms with E-state index in [9.17, 15) is 9.59 Å². The van der Waals surface area contributed by atoms with Gasteiger partial charge >= 0.3 is 5.97 Å². The van der Waals surface area contributed by atoms with Crippen LogP contribution in [0, 0.1) is 6.92 Å². The first-order chi connectivity index (χ1) is 17.5. The molecule has 1 amide bonds. The van der Waals surface area contributed by atoms with Gasteiger partial charge in [-0.2, -0.15) is 0 Å². The molecular formula is C29H29N3O4. The van der Waals surface area contributed by atoms with Gasteiger partial charge < -0.3 is 19.4 Å². The molecule has 0 atom stereocenters. The highest BCUT2D eigenvalue weighted by atomic mass is 16.5. The fourth-order valence-electron chi connectivity index (χ4n) is 4.10. The highest BCUT2D eigenvalue weighted by Crippen LogP contribution is 2.31. The lowest BCUT2D eigenvalue weighted by molar-refractivity contribution is -0.143. The molecule has 0 aliphatic rings. The molecular weight excluding hydrogens is 454 g/mol. The van der Waals surface area contributed by atoms with Crippen molar-refractivity contribution in [2.24, 2.45) is 0 Å². The lowest BCUT2D eigenvalue weighted by Gasteiger charge is -2.17. The molecule has 1 N–H and O–H groups in total. The molecule has 0 fully saturated rings. The second-order valence-corrected chi connectivity index (χ2v) is 8.28. The van der Waals surface area contributed by atoms with Crippen LogP contribution < -0.4 is 10.1 Å². The Bertz CT molecular complexity index is 1340. The third-order valence-corrected chi connectivity index (χ3v) is 5.86. The number of carbonyl (C=O) groups is 2. The minimum atomic E-state index is -0.226. The van der Waals surface area contributed by atoms with Gasteiger partial charge in [-0.15, -0.1) is 0 Å². The summed E-state index contributed by atoms with van der Waals surface area (Å²) >= 11 is 0. The standard InChI is InChI=1S/C29H29N3O4/c1-4-36-28(33)16-11-24-10-15-27(21-7-12-25(35-3)13-8-21)32(24)26-14-9-22(18-20(26)2)29(34)31-23-6-5-17-30-19-23/h5-10,12-15,17-19H,4,11,16H2,1-3H3,(H,31,34). The number of rotatable bonds is 9. The van der Waals surface area contributed by atoms with Crippen LogP contribution in [0.15, 0.2) is 79.1 Å². The summed E-state index contributed by atoms with van der Waals surface area (Å²) in [5.74, 6) is 0.345. The summed E-state index contributed by atoms with van der Waals surface area (Å²) < 4.78 is 12.6. The summed E-state index contributed by atoms with van der Waals surface area (Å²) in [4.78, 5) is 28.9. The summed E-state index contributed by atoms with van der Waals surface area (Å²) in [5, 5.41) is 2.87. The van der Waals surface area contributed by atoms with Crippen LogP contribution >= 0.6 is 0 Å². The number of carbonyl (C=O) groups excluding carboxylic acids is 2. The summed E-state index contributed by atoms with van der Waals surface area (Å²) in [6.45, 7) is 4.14. The van der Waals surface area contributed by atoms with E-state index in [1.54, 1.807) is 44.6 Å². The number of hydrogen-bond acceptors (Lipinski definition) is 5. The van der Waals surface area contributed by atoms with Gasteiger partial charge in [0.1, 0.15) is 5.75 Å². The van der Waals surface area contributed by atoms with Gasteiger partial charge in [0.15, 0.2) is 0 Å². The largest absolute Gasteiger partial charge is 0.497 e. The van der Waals surface area contributed by atoms with E-state index < -0.39 is 0 Å². The number of methoxy groups -OCH3 is 1. The van der Waals surface area contributed by atoms with Gasteiger partial charge in [0, 0.05) is 23.1 Å². The maximum absolute atomic E-state index is 12.8. The highest BCUT2D eigenvalue weighted by Gasteiger charge is 2.17. The number of aromatic nitrogens is 2. The van der Waals surface area contributed by atoms with Crippen LogP contribution in [-0.4, -0.2) is 35.1 Å². The van der Waals surface area contributed by atoms with Crippen molar-refractivity contribution in [3.8, 4) is 22.7 Å². The predicted molar refractivity (Wildman–Crippen MR) is 140 cm³/mol. The maximum Gasteiger partial charge on any atom is 0.306 e. The molecule has 0 bridgehead atoms. The molecule has 36 heavy (non-hydrogen) atoms. The number of benzene rings is 2. The molecule has 0 saturated heterocycles. The van der Waals surface area contributed by atoms with Gasteiger partial charge in [-0.3, -0.25) is 14.6 Å². The van der Waals surface area contributed by atoms with Crippen LogP contribution in [0.25, 0.3) is 16.9 Å². The zero-order valence-corrected chi connectivity index (χ0v) is 20.7. The number of ether oxygens (including phenoxy) is 2. The van der Waals surface area contributed by atoms with Crippen molar-refractivity contribution in [2.45, 2.75) is 26.7 Å². The molecule has 7 heteroatoms. The molecule has 7 nitrogen and oxygen atoms in total. The Balaban J connectivity index is 1.69. The lowest BCUT2D eigenvalue weighted by atomic mass is 10.1. The summed E-state index contributed by atoms with van der Waals surface area (Å²) in [5.41, 5.74) is 6.01. The minimum Gasteiger partial charge on any atom is -0.497 e. The van der Waals surface area contributed by atoms with Crippen molar-refractivity contribution < 1.29 is 19.1 Å². The number of pyridine rings is 1. The number of nitrogens with zero attached hydrogens (tertiary/aromatic N) is 2. The number of anilines is 1. The third-order valence-electron chi connectivity index (χ3n) is 5.86. The van der Waals surface area contributed by atoms with Crippen molar-refractivity contribution in [1.82, 2.24) is 9.55 Å². The van der Waals surface area contributed by atoms with E-state index in [1.165, 1.54) is 0 Å². The molecule has 4 rings (SSSR count). The number of amides is 1. The predicted octanol–water partition coefficient (Wildman–Crippen LogP) is 5.60. The second-order valence-electron chi connectivity index (χ2n) is 8.28. The van der Waals surface area contributed by atoms with Crippen LogP contribution in [0.3, 0.4) is 0 Å². The summed E-state index contributed by atoms with van der Waals surface area (Å²) in [6, 6.07) is 21.1. The van der Waals surface area contributed by atoms with Crippen molar-refractivity contribution in [3.05, 3.63) is 95.9 Å². The van der Waals surface area contributed by atoms with Gasteiger partial charge in [-0.25, -0.2) is 0 Å². The SMILES string of the molecule is CCOC(=O)CCc1ccc(-c2ccc(OC)cc2)n1-c1ccc(C(=O)Nc2cccnc2)cc1C. The Morgan fingerprint density at radius 3 is 2.50 bits per heavy atom. The zero-order chi connectivity index (χ0) is 25.5. The van der Waals surface area contributed by atoms with Gasteiger partial charge in [0.2, 0.25) is 0 Å². The topological polar surface area (TPSA) is 82.5 Å². The molecule has 2 aromatic carbocycles. The normalized spacial score (nSPS) is 10.6. The van der Waals surface area contributed by atoms with Crippen LogP contribution in [0.4, 0.5) is 5.69 Å². The van der Waals surface area contributed by atoms with Crippen molar-refractivity contribution in [3.63, 3.8) is 0 Å². The van der Waals surface area contributed by atoms with E-state index in [0.29, 0.717) is 24.3 Å². The minimum absolute atomic E-state index is 0.205. The van der Waals surface area contributed by atoms with Crippen LogP contribution in [0.2, 0.25) is 0 Å². The Hall–Kier alpha value is -4.39. The van der Waals surface area contributed by atoms with Crippen LogP contribution in [-0.2, 0) is 16.0 Å². The second kappa shape index (κ2) is 11.4. The Morgan fingerprint density at radius 2 is 1.83 bits per heavy atom. The maximum atomic E-state index is 12.8. The van der Waals surface area contributed by atoms with E-state index >= 15 is 0 Å². The first-order valence-electron chi connectivity index (χ1n) is 11.8. The van der Waals surface area contributed by atoms with E-state index in [1.807, 2.05) is 55.5 Å². The smallest absolute Gasteiger partial charge is 0.306 e. The summed E-state index contributed by atoms with van der Waals surface area (Å²) in [7, 11) is 1.64. The molecule has 2 heterocycles. The van der Waals surface area contributed by atoms with Crippen LogP contribution in [0.1, 0.15) is 35.0 Å². The molecule has 0 aliphatic heterocycles. The molecule has 184 valence electrons. The lowest BCUT2D eigenvalue weighted by Crippen LogP contribution is -2.13. The average Bonchev–Trinajstić information content (AvgIpc) is 3.32. The van der Waals surface area contributed by atoms with E-state index in [-0.39, 0.29) is 18.3 Å². The van der Waals surface area contributed by atoms with E-state index in [0.717, 1.165) is 34.0 Å². The number of esters is 1. The molecule has 0 saturated carbocycles. The van der Waals surface area contributed by atoms with Gasteiger partial charge in [0.05, 0.1) is 37.7 Å². The quantitative estimate of drug-likeness (QED) is 0.313.